The summed E-state index contributed by atoms with van der Waals surface area (Å²) in [6.07, 6.45) is 0. The third-order valence-corrected chi connectivity index (χ3v) is 3.87. The van der Waals surface area contributed by atoms with Crippen molar-refractivity contribution in [1.82, 2.24) is 0 Å². The van der Waals surface area contributed by atoms with E-state index in [1.165, 1.54) is 11.1 Å². The SMILES string of the molecule is CC(C)C(CBr)c1ccc(C(C)(C)C)cc1. The van der Waals surface area contributed by atoms with E-state index in [0.717, 1.165) is 5.33 Å². The number of benzene rings is 1. The average molecular weight is 283 g/mol. The smallest absolute Gasteiger partial charge is 0.0103 e. The minimum absolute atomic E-state index is 0.250. The highest BCUT2D eigenvalue weighted by molar-refractivity contribution is 9.09. The highest BCUT2D eigenvalue weighted by Crippen LogP contribution is 2.29. The van der Waals surface area contributed by atoms with Crippen LogP contribution in [0.5, 0.6) is 0 Å². The molecule has 0 radical (unpaired) electrons. The fraction of sp³-hybridized carbons (Fsp3) is 0.600. The molecule has 1 rings (SSSR count). The molecule has 0 aromatic heterocycles. The molecule has 16 heavy (non-hydrogen) atoms. The Morgan fingerprint density at radius 3 is 1.88 bits per heavy atom. The van der Waals surface area contributed by atoms with Crippen molar-refractivity contribution in [1.29, 1.82) is 0 Å². The van der Waals surface area contributed by atoms with Crippen LogP contribution < -0.4 is 0 Å². The summed E-state index contributed by atoms with van der Waals surface area (Å²) in [5.74, 6) is 1.30. The van der Waals surface area contributed by atoms with Crippen LogP contribution in [0.25, 0.3) is 0 Å². The molecule has 0 aliphatic rings. The number of hydrogen-bond donors (Lipinski definition) is 0. The molecule has 0 aliphatic carbocycles. The lowest BCUT2D eigenvalue weighted by atomic mass is 9.84. The van der Waals surface area contributed by atoms with E-state index in [0.29, 0.717) is 11.8 Å². The molecule has 90 valence electrons. The van der Waals surface area contributed by atoms with Gasteiger partial charge in [-0.2, -0.15) is 0 Å². The van der Waals surface area contributed by atoms with E-state index in [4.69, 9.17) is 0 Å². The van der Waals surface area contributed by atoms with Gasteiger partial charge in [0.2, 0.25) is 0 Å². The van der Waals surface area contributed by atoms with Crippen LogP contribution in [0, 0.1) is 5.92 Å². The standard InChI is InChI=1S/C15H23Br/c1-11(2)14(10-16)12-6-8-13(9-7-12)15(3,4)5/h6-9,11,14H,10H2,1-5H3. The van der Waals surface area contributed by atoms with Crippen LogP contribution in [-0.2, 0) is 5.41 Å². The monoisotopic (exact) mass is 282 g/mol. The normalized spacial score (nSPS) is 14.2. The summed E-state index contributed by atoms with van der Waals surface area (Å²) in [5.41, 5.74) is 3.11. The predicted octanol–water partition coefficient (Wildman–Crippen LogP) is 5.12. The van der Waals surface area contributed by atoms with Gasteiger partial charge in [-0.25, -0.2) is 0 Å². The van der Waals surface area contributed by atoms with E-state index in [9.17, 15) is 0 Å². The minimum Gasteiger partial charge on any atom is -0.0921 e. The van der Waals surface area contributed by atoms with Crippen LogP contribution in [0.2, 0.25) is 0 Å². The topological polar surface area (TPSA) is 0 Å². The Labute approximate surface area is 109 Å². The number of rotatable bonds is 3. The maximum Gasteiger partial charge on any atom is 0.0103 e. The Hall–Kier alpha value is -0.300. The minimum atomic E-state index is 0.250. The molecule has 0 fully saturated rings. The van der Waals surface area contributed by atoms with Gasteiger partial charge in [-0.1, -0.05) is 74.8 Å². The van der Waals surface area contributed by atoms with Crippen molar-refractivity contribution in [2.24, 2.45) is 5.92 Å². The van der Waals surface area contributed by atoms with E-state index in [1.54, 1.807) is 0 Å². The van der Waals surface area contributed by atoms with Crippen molar-refractivity contribution >= 4 is 15.9 Å². The summed E-state index contributed by atoms with van der Waals surface area (Å²) < 4.78 is 0. The Balaban J connectivity index is 2.94. The first-order valence-corrected chi connectivity index (χ1v) is 7.15. The predicted molar refractivity (Wildman–Crippen MR) is 76.5 cm³/mol. The molecular weight excluding hydrogens is 260 g/mol. The van der Waals surface area contributed by atoms with Gasteiger partial charge in [0, 0.05) is 5.33 Å². The van der Waals surface area contributed by atoms with Crippen molar-refractivity contribution in [3.8, 4) is 0 Å². The lowest BCUT2D eigenvalue weighted by Crippen LogP contribution is -2.12. The molecule has 0 nitrogen and oxygen atoms in total. The molecule has 1 aromatic rings. The highest BCUT2D eigenvalue weighted by Gasteiger charge is 2.17. The van der Waals surface area contributed by atoms with Crippen LogP contribution in [-0.4, -0.2) is 5.33 Å². The molecule has 0 saturated carbocycles. The molecule has 1 atom stereocenters. The van der Waals surface area contributed by atoms with Crippen molar-refractivity contribution in [3.63, 3.8) is 0 Å². The van der Waals surface area contributed by atoms with Gasteiger partial charge in [0.05, 0.1) is 0 Å². The van der Waals surface area contributed by atoms with Crippen LogP contribution in [0.1, 0.15) is 51.7 Å². The Morgan fingerprint density at radius 1 is 1.06 bits per heavy atom. The van der Waals surface area contributed by atoms with E-state index in [1.807, 2.05) is 0 Å². The van der Waals surface area contributed by atoms with E-state index < -0.39 is 0 Å². The second-order valence-electron chi connectivity index (χ2n) is 5.88. The molecule has 0 heterocycles. The van der Waals surface area contributed by atoms with Gasteiger partial charge >= 0.3 is 0 Å². The van der Waals surface area contributed by atoms with Crippen LogP contribution >= 0.6 is 15.9 Å². The van der Waals surface area contributed by atoms with Gasteiger partial charge in [0.25, 0.3) is 0 Å². The first kappa shape index (κ1) is 13.8. The molecule has 0 N–H and O–H groups in total. The van der Waals surface area contributed by atoms with Crippen LogP contribution in [0.4, 0.5) is 0 Å². The summed E-state index contributed by atoms with van der Waals surface area (Å²) in [6, 6.07) is 9.11. The van der Waals surface area contributed by atoms with Gasteiger partial charge in [0.15, 0.2) is 0 Å². The fourth-order valence-electron chi connectivity index (χ4n) is 1.88. The summed E-state index contributed by atoms with van der Waals surface area (Å²) in [6.45, 7) is 11.3. The molecular formula is C15H23Br. The quantitative estimate of drug-likeness (QED) is 0.675. The second-order valence-corrected chi connectivity index (χ2v) is 6.52. The molecule has 1 unspecified atom stereocenters. The number of alkyl halides is 1. The van der Waals surface area contributed by atoms with Crippen LogP contribution in [0.15, 0.2) is 24.3 Å². The molecule has 0 spiro atoms. The first-order valence-electron chi connectivity index (χ1n) is 6.02. The van der Waals surface area contributed by atoms with Crippen molar-refractivity contribution in [2.75, 3.05) is 5.33 Å². The summed E-state index contributed by atoms with van der Waals surface area (Å²) in [7, 11) is 0. The number of hydrogen-bond acceptors (Lipinski definition) is 0. The zero-order chi connectivity index (χ0) is 12.3. The fourth-order valence-corrected chi connectivity index (χ4v) is 3.00. The molecule has 0 bridgehead atoms. The Bertz CT molecular complexity index is 316. The Morgan fingerprint density at radius 2 is 1.56 bits per heavy atom. The zero-order valence-electron chi connectivity index (χ0n) is 11.0. The first-order chi connectivity index (χ1) is 7.36. The maximum absolute atomic E-state index is 3.61. The highest BCUT2D eigenvalue weighted by atomic mass is 79.9. The van der Waals surface area contributed by atoms with Crippen molar-refractivity contribution in [3.05, 3.63) is 35.4 Å². The molecule has 1 heteroatoms. The van der Waals surface area contributed by atoms with Gasteiger partial charge < -0.3 is 0 Å². The number of halogens is 1. The summed E-state index contributed by atoms with van der Waals surface area (Å²) >= 11 is 3.61. The lowest BCUT2D eigenvalue weighted by Gasteiger charge is -2.22. The van der Waals surface area contributed by atoms with Crippen LogP contribution in [0.3, 0.4) is 0 Å². The third kappa shape index (κ3) is 3.35. The third-order valence-electron chi connectivity index (χ3n) is 3.18. The van der Waals surface area contributed by atoms with Gasteiger partial charge in [-0.05, 0) is 28.4 Å². The average Bonchev–Trinajstić information content (AvgIpc) is 2.17. The largest absolute Gasteiger partial charge is 0.0921 e. The summed E-state index contributed by atoms with van der Waals surface area (Å²) in [5, 5.41) is 1.04. The van der Waals surface area contributed by atoms with Crippen molar-refractivity contribution < 1.29 is 0 Å². The van der Waals surface area contributed by atoms with Gasteiger partial charge in [-0.15, -0.1) is 0 Å². The molecule has 1 aromatic carbocycles. The Kier molecular flexibility index (Phi) is 4.61. The van der Waals surface area contributed by atoms with Gasteiger partial charge in [-0.3, -0.25) is 0 Å². The van der Waals surface area contributed by atoms with Gasteiger partial charge in [0.1, 0.15) is 0 Å². The molecule has 0 amide bonds. The summed E-state index contributed by atoms with van der Waals surface area (Å²) in [4.78, 5) is 0. The zero-order valence-corrected chi connectivity index (χ0v) is 12.6. The lowest BCUT2D eigenvalue weighted by molar-refractivity contribution is 0.542. The second kappa shape index (κ2) is 5.35. The molecule has 0 aliphatic heterocycles. The molecule has 0 saturated heterocycles. The van der Waals surface area contributed by atoms with E-state index >= 15 is 0 Å². The maximum atomic E-state index is 3.61. The van der Waals surface area contributed by atoms with Crippen molar-refractivity contribution in [2.45, 2.75) is 46.0 Å². The van der Waals surface area contributed by atoms with E-state index in [-0.39, 0.29) is 5.41 Å². The van der Waals surface area contributed by atoms with E-state index in [2.05, 4.69) is 74.8 Å².